The summed E-state index contributed by atoms with van der Waals surface area (Å²) in [6, 6.07) is -0.0332. The van der Waals surface area contributed by atoms with E-state index in [0.29, 0.717) is 13.0 Å². The first kappa shape index (κ1) is 13.3. The molecular formula is C12H20N2O4. The van der Waals surface area contributed by atoms with Crippen LogP contribution in [0.4, 0.5) is 0 Å². The first-order chi connectivity index (χ1) is 8.58. The van der Waals surface area contributed by atoms with Gasteiger partial charge in [-0.25, -0.2) is 0 Å². The number of carboxylic acid groups (broad SMARTS) is 1. The molecule has 0 aliphatic carbocycles. The number of nitrogens with zero attached hydrogens (tertiary/aromatic N) is 1. The quantitative estimate of drug-likeness (QED) is 0.711. The number of methoxy groups -OCH3 is 1. The number of carbonyl (C=O) groups is 2. The molecule has 2 aliphatic rings. The number of nitrogens with two attached hydrogens (primary N) is 1. The van der Waals surface area contributed by atoms with Crippen LogP contribution in [-0.4, -0.2) is 53.7 Å². The average molecular weight is 256 g/mol. The van der Waals surface area contributed by atoms with E-state index in [4.69, 9.17) is 15.6 Å². The van der Waals surface area contributed by atoms with Crippen molar-refractivity contribution in [1.82, 2.24) is 4.90 Å². The van der Waals surface area contributed by atoms with Crippen LogP contribution in [0.3, 0.4) is 0 Å². The topological polar surface area (TPSA) is 92.9 Å². The molecule has 4 atom stereocenters. The molecule has 2 heterocycles. The van der Waals surface area contributed by atoms with Gasteiger partial charge in [-0.3, -0.25) is 9.59 Å². The van der Waals surface area contributed by atoms with Crippen LogP contribution in [0.1, 0.15) is 25.7 Å². The third-order valence-electron chi connectivity index (χ3n) is 4.14. The maximum Gasteiger partial charge on any atom is 0.308 e. The Morgan fingerprint density at radius 1 is 1.50 bits per heavy atom. The number of aliphatic carboxylic acids is 1. The van der Waals surface area contributed by atoms with E-state index in [1.807, 2.05) is 0 Å². The van der Waals surface area contributed by atoms with E-state index in [-0.39, 0.29) is 30.5 Å². The molecule has 4 unspecified atom stereocenters. The molecule has 2 aliphatic heterocycles. The molecule has 6 nitrogen and oxygen atoms in total. The summed E-state index contributed by atoms with van der Waals surface area (Å²) in [5, 5.41) is 9.13. The Hall–Kier alpha value is -1.14. The second-order valence-corrected chi connectivity index (χ2v) is 5.08. The lowest BCUT2D eigenvalue weighted by atomic mass is 9.89. The maximum atomic E-state index is 12.2. The van der Waals surface area contributed by atoms with E-state index in [1.54, 1.807) is 4.90 Å². The molecule has 0 saturated carbocycles. The van der Waals surface area contributed by atoms with Crippen molar-refractivity contribution in [3.63, 3.8) is 0 Å². The zero-order chi connectivity index (χ0) is 13.3. The van der Waals surface area contributed by atoms with E-state index < -0.39 is 11.9 Å². The summed E-state index contributed by atoms with van der Waals surface area (Å²) in [6.07, 6.45) is 2.27. The van der Waals surface area contributed by atoms with E-state index in [1.165, 1.54) is 7.11 Å². The molecule has 3 N–H and O–H groups in total. The standard InChI is InChI=1S/C12H20N2O4/c1-18-8(6-13)5-11(15)14-7-2-3-10(14)9(4-7)12(16)17/h7-10H,2-6,13H2,1H3,(H,16,17). The molecule has 0 radical (unpaired) electrons. The highest BCUT2D eigenvalue weighted by atomic mass is 16.5. The van der Waals surface area contributed by atoms with Crippen molar-refractivity contribution in [2.75, 3.05) is 13.7 Å². The average Bonchev–Trinajstić information content (AvgIpc) is 2.93. The number of rotatable bonds is 5. The van der Waals surface area contributed by atoms with Crippen molar-refractivity contribution in [3.05, 3.63) is 0 Å². The highest BCUT2D eigenvalue weighted by Crippen LogP contribution is 2.42. The molecule has 2 fully saturated rings. The van der Waals surface area contributed by atoms with E-state index in [0.717, 1.165) is 12.8 Å². The van der Waals surface area contributed by atoms with Crippen molar-refractivity contribution in [1.29, 1.82) is 0 Å². The second kappa shape index (κ2) is 5.24. The fourth-order valence-electron chi connectivity index (χ4n) is 3.21. The molecule has 0 aromatic heterocycles. The van der Waals surface area contributed by atoms with Gasteiger partial charge in [0.1, 0.15) is 0 Å². The van der Waals surface area contributed by atoms with Gasteiger partial charge in [-0.2, -0.15) is 0 Å². The first-order valence-electron chi connectivity index (χ1n) is 6.35. The lowest BCUT2D eigenvalue weighted by Crippen LogP contribution is -2.40. The zero-order valence-electron chi connectivity index (χ0n) is 10.5. The summed E-state index contributed by atoms with van der Waals surface area (Å²) in [5.74, 6) is -1.21. The van der Waals surface area contributed by atoms with Crippen molar-refractivity contribution in [3.8, 4) is 0 Å². The number of amides is 1. The third kappa shape index (κ3) is 2.22. The van der Waals surface area contributed by atoms with Crippen molar-refractivity contribution < 1.29 is 19.4 Å². The lowest BCUT2D eigenvalue weighted by Gasteiger charge is -2.25. The van der Waals surface area contributed by atoms with Crippen LogP contribution < -0.4 is 5.73 Å². The molecule has 102 valence electrons. The van der Waals surface area contributed by atoms with Crippen LogP contribution in [0.25, 0.3) is 0 Å². The number of fused-ring (bicyclic) bond motifs is 2. The van der Waals surface area contributed by atoms with Crippen LogP contribution in [0, 0.1) is 5.92 Å². The second-order valence-electron chi connectivity index (χ2n) is 5.08. The minimum Gasteiger partial charge on any atom is -0.481 e. The van der Waals surface area contributed by atoms with Crippen LogP contribution in [0.5, 0.6) is 0 Å². The Balaban J connectivity index is 2.02. The van der Waals surface area contributed by atoms with Crippen molar-refractivity contribution >= 4 is 11.9 Å². The number of carbonyl (C=O) groups excluding carboxylic acids is 1. The van der Waals surface area contributed by atoms with Gasteiger partial charge in [-0.1, -0.05) is 0 Å². The summed E-state index contributed by atoms with van der Waals surface area (Å²) in [5.41, 5.74) is 5.50. The van der Waals surface area contributed by atoms with Crippen molar-refractivity contribution in [2.24, 2.45) is 11.7 Å². The summed E-state index contributed by atoms with van der Waals surface area (Å²) in [6.45, 7) is 0.299. The predicted molar refractivity (Wildman–Crippen MR) is 63.9 cm³/mol. The molecule has 2 saturated heterocycles. The van der Waals surface area contributed by atoms with Crippen LogP contribution in [-0.2, 0) is 14.3 Å². The maximum absolute atomic E-state index is 12.2. The molecule has 2 bridgehead atoms. The molecule has 0 aromatic rings. The smallest absolute Gasteiger partial charge is 0.308 e. The van der Waals surface area contributed by atoms with Gasteiger partial charge in [0.25, 0.3) is 0 Å². The molecule has 0 aromatic carbocycles. The number of carboxylic acids is 1. The molecule has 0 spiro atoms. The molecular weight excluding hydrogens is 236 g/mol. The van der Waals surface area contributed by atoms with Gasteiger partial charge in [-0.05, 0) is 19.3 Å². The van der Waals surface area contributed by atoms with E-state index in [2.05, 4.69) is 0 Å². The summed E-state index contributed by atoms with van der Waals surface area (Å²) >= 11 is 0. The SMILES string of the molecule is COC(CN)CC(=O)N1C2CCC1C(C(=O)O)C2. The van der Waals surface area contributed by atoms with E-state index >= 15 is 0 Å². The van der Waals surface area contributed by atoms with Crippen LogP contribution in [0.2, 0.25) is 0 Å². The molecule has 2 rings (SSSR count). The van der Waals surface area contributed by atoms with Gasteiger partial charge < -0.3 is 20.5 Å². The molecule has 1 amide bonds. The van der Waals surface area contributed by atoms with Gasteiger partial charge in [0.15, 0.2) is 0 Å². The Morgan fingerprint density at radius 2 is 2.22 bits per heavy atom. The van der Waals surface area contributed by atoms with Crippen molar-refractivity contribution in [2.45, 2.75) is 43.9 Å². The Labute approximate surface area is 106 Å². The lowest BCUT2D eigenvalue weighted by molar-refractivity contribution is -0.143. The third-order valence-corrected chi connectivity index (χ3v) is 4.14. The van der Waals surface area contributed by atoms with Gasteiger partial charge in [0.05, 0.1) is 18.4 Å². The minimum absolute atomic E-state index is 0.0245. The van der Waals surface area contributed by atoms with Gasteiger partial charge >= 0.3 is 5.97 Å². The van der Waals surface area contributed by atoms with Gasteiger partial charge in [0, 0.05) is 25.7 Å². The first-order valence-corrected chi connectivity index (χ1v) is 6.35. The van der Waals surface area contributed by atoms with Crippen LogP contribution >= 0.6 is 0 Å². The zero-order valence-corrected chi connectivity index (χ0v) is 10.5. The Kier molecular flexibility index (Phi) is 3.87. The summed E-state index contributed by atoms with van der Waals surface area (Å²) in [4.78, 5) is 25.1. The highest BCUT2D eigenvalue weighted by molar-refractivity contribution is 5.81. The monoisotopic (exact) mass is 256 g/mol. The largest absolute Gasteiger partial charge is 0.481 e. The Morgan fingerprint density at radius 3 is 2.72 bits per heavy atom. The highest BCUT2D eigenvalue weighted by Gasteiger charge is 2.51. The van der Waals surface area contributed by atoms with E-state index in [9.17, 15) is 9.59 Å². The number of hydrogen-bond acceptors (Lipinski definition) is 4. The summed E-state index contributed by atoms with van der Waals surface area (Å²) < 4.78 is 5.11. The number of ether oxygens (including phenoxy) is 1. The fourth-order valence-corrected chi connectivity index (χ4v) is 3.21. The van der Waals surface area contributed by atoms with Gasteiger partial charge in [0.2, 0.25) is 5.91 Å². The predicted octanol–water partition coefficient (Wildman–Crippen LogP) is -0.186. The Bertz CT molecular complexity index is 343. The van der Waals surface area contributed by atoms with Gasteiger partial charge in [-0.15, -0.1) is 0 Å². The fraction of sp³-hybridized carbons (Fsp3) is 0.833. The molecule has 6 heteroatoms. The minimum atomic E-state index is -0.790. The van der Waals surface area contributed by atoms with Crippen LogP contribution in [0.15, 0.2) is 0 Å². The number of hydrogen-bond donors (Lipinski definition) is 2. The summed E-state index contributed by atoms with van der Waals surface area (Å²) in [7, 11) is 1.53. The molecule has 18 heavy (non-hydrogen) atoms. The normalized spacial score (nSPS) is 31.7.